The Labute approximate surface area is 149 Å². The van der Waals surface area contributed by atoms with Gasteiger partial charge in [-0.3, -0.25) is 4.79 Å². The third-order valence-corrected chi connectivity index (χ3v) is 4.97. The zero-order chi connectivity index (χ0) is 18.7. The predicted molar refractivity (Wildman–Crippen MR) is 93.1 cm³/mol. The Bertz CT molecular complexity index is 803. The summed E-state index contributed by atoms with van der Waals surface area (Å²) in [5, 5.41) is 12.8. The molecular formula is C19H22F2N2O3. The van der Waals surface area contributed by atoms with Crippen molar-refractivity contribution in [3.8, 4) is 0 Å². The van der Waals surface area contributed by atoms with Gasteiger partial charge in [0.15, 0.2) is 0 Å². The Kier molecular flexibility index (Phi) is 5.25. The molecule has 5 nitrogen and oxygen atoms in total. The van der Waals surface area contributed by atoms with Crippen molar-refractivity contribution in [2.24, 2.45) is 5.92 Å². The lowest BCUT2D eigenvalue weighted by molar-refractivity contribution is -0.143. The molecule has 2 aromatic rings. The number of hydrogen-bond acceptors (Lipinski definition) is 2. The highest BCUT2D eigenvalue weighted by Crippen LogP contribution is 2.35. The molecule has 1 aliphatic rings. The molecule has 1 saturated carbocycles. The number of aromatic amines is 1. The van der Waals surface area contributed by atoms with Crippen LogP contribution in [0.1, 0.15) is 37.7 Å². The van der Waals surface area contributed by atoms with Crippen LogP contribution in [0.5, 0.6) is 0 Å². The number of alkyl halides is 2. The molecule has 0 saturated heterocycles. The summed E-state index contributed by atoms with van der Waals surface area (Å²) in [6.45, 7) is 0. The van der Waals surface area contributed by atoms with Gasteiger partial charge in [0.1, 0.15) is 6.04 Å². The van der Waals surface area contributed by atoms with Crippen molar-refractivity contribution in [3.05, 3.63) is 36.0 Å². The first kappa shape index (κ1) is 18.4. The van der Waals surface area contributed by atoms with E-state index in [1.54, 1.807) is 6.20 Å². The first-order valence-electron chi connectivity index (χ1n) is 8.82. The maximum absolute atomic E-state index is 13.8. The zero-order valence-corrected chi connectivity index (χ0v) is 14.3. The Morgan fingerprint density at radius 2 is 2.08 bits per heavy atom. The van der Waals surface area contributed by atoms with Crippen molar-refractivity contribution >= 4 is 22.8 Å². The lowest BCUT2D eigenvalue weighted by atomic mass is 9.96. The number of aromatic nitrogens is 1. The zero-order valence-electron chi connectivity index (χ0n) is 14.3. The molecular weight excluding hydrogens is 342 g/mol. The minimum atomic E-state index is -2.87. The number of carboxylic acid groups (broad SMARTS) is 1. The van der Waals surface area contributed by atoms with Gasteiger partial charge in [-0.2, -0.15) is 0 Å². The topological polar surface area (TPSA) is 82.2 Å². The molecule has 1 aromatic carbocycles. The number of H-pyrrole nitrogens is 1. The largest absolute Gasteiger partial charge is 0.480 e. The standard InChI is InChI=1S/C19H22F2N2O3/c20-19(21)8-4-3-5-12(10-19)17(24)23-16(18(25)26)9-13-11-22-15-7-2-1-6-14(13)15/h1-2,6-7,11-12,16,22H,3-5,8-10H2,(H,23,24)(H,25,26)/t12?,16-/m0/s1. The van der Waals surface area contributed by atoms with Crippen LogP contribution in [0.4, 0.5) is 8.78 Å². The third-order valence-electron chi connectivity index (χ3n) is 4.97. The first-order chi connectivity index (χ1) is 12.4. The molecule has 0 bridgehead atoms. The lowest BCUT2D eigenvalue weighted by Crippen LogP contribution is -2.45. The molecule has 0 aliphatic heterocycles. The molecule has 7 heteroatoms. The molecule has 1 aromatic heterocycles. The van der Waals surface area contributed by atoms with Crippen LogP contribution in [0.2, 0.25) is 0 Å². The molecule has 0 radical (unpaired) electrons. The van der Waals surface area contributed by atoms with Gasteiger partial charge in [0, 0.05) is 42.3 Å². The van der Waals surface area contributed by atoms with E-state index in [9.17, 15) is 23.5 Å². The number of nitrogens with one attached hydrogen (secondary N) is 2. The number of carbonyl (C=O) groups excluding carboxylic acids is 1. The Morgan fingerprint density at radius 3 is 2.85 bits per heavy atom. The van der Waals surface area contributed by atoms with Gasteiger partial charge in [-0.05, 0) is 24.5 Å². The number of amides is 1. The van der Waals surface area contributed by atoms with Crippen LogP contribution in [-0.4, -0.2) is 33.9 Å². The summed E-state index contributed by atoms with van der Waals surface area (Å²) < 4.78 is 27.5. The fourth-order valence-corrected chi connectivity index (χ4v) is 3.57. The summed E-state index contributed by atoms with van der Waals surface area (Å²) in [4.78, 5) is 27.1. The monoisotopic (exact) mass is 364 g/mol. The second-order valence-electron chi connectivity index (χ2n) is 6.97. The molecule has 26 heavy (non-hydrogen) atoms. The second kappa shape index (κ2) is 7.43. The van der Waals surface area contributed by atoms with Gasteiger partial charge in [0.05, 0.1) is 0 Å². The highest BCUT2D eigenvalue weighted by atomic mass is 19.3. The van der Waals surface area contributed by atoms with Crippen LogP contribution in [-0.2, 0) is 16.0 Å². The van der Waals surface area contributed by atoms with Gasteiger partial charge in [0.25, 0.3) is 0 Å². The molecule has 140 valence electrons. The number of rotatable bonds is 5. The molecule has 1 amide bonds. The summed E-state index contributed by atoms with van der Waals surface area (Å²) in [6.07, 6.45) is 2.37. The van der Waals surface area contributed by atoms with E-state index < -0.39 is 36.2 Å². The predicted octanol–water partition coefficient (Wildman–Crippen LogP) is 3.50. The normalized spacial score (nSPS) is 21.1. The van der Waals surface area contributed by atoms with Crippen LogP contribution in [0.25, 0.3) is 10.9 Å². The minimum Gasteiger partial charge on any atom is -0.480 e. The number of hydrogen-bond donors (Lipinski definition) is 3. The summed E-state index contributed by atoms with van der Waals surface area (Å²) in [6, 6.07) is 6.31. The van der Waals surface area contributed by atoms with Crippen molar-refractivity contribution in [3.63, 3.8) is 0 Å². The van der Waals surface area contributed by atoms with Crippen molar-refractivity contribution in [1.82, 2.24) is 10.3 Å². The van der Waals surface area contributed by atoms with E-state index in [2.05, 4.69) is 10.3 Å². The third kappa shape index (κ3) is 4.20. The number of carboxylic acids is 1. The van der Waals surface area contributed by atoms with Crippen molar-refractivity contribution in [2.45, 2.75) is 50.5 Å². The smallest absolute Gasteiger partial charge is 0.326 e. The number of carbonyl (C=O) groups is 2. The fourth-order valence-electron chi connectivity index (χ4n) is 3.57. The van der Waals surface area contributed by atoms with Crippen LogP contribution >= 0.6 is 0 Å². The molecule has 1 fully saturated rings. The minimum absolute atomic E-state index is 0.0915. The van der Waals surface area contributed by atoms with Gasteiger partial charge in [-0.25, -0.2) is 13.6 Å². The highest BCUT2D eigenvalue weighted by molar-refractivity contribution is 5.87. The second-order valence-corrected chi connectivity index (χ2v) is 6.97. The number of benzene rings is 1. The van der Waals surface area contributed by atoms with Crippen molar-refractivity contribution in [2.75, 3.05) is 0 Å². The van der Waals surface area contributed by atoms with E-state index in [1.165, 1.54) is 0 Å². The Balaban J connectivity index is 1.72. The first-order valence-corrected chi connectivity index (χ1v) is 8.82. The highest BCUT2D eigenvalue weighted by Gasteiger charge is 2.38. The van der Waals surface area contributed by atoms with Gasteiger partial charge < -0.3 is 15.4 Å². The van der Waals surface area contributed by atoms with E-state index >= 15 is 0 Å². The maximum atomic E-state index is 13.8. The summed E-state index contributed by atoms with van der Waals surface area (Å²) in [5.74, 6) is -5.49. The van der Waals surface area contributed by atoms with Gasteiger partial charge in [-0.1, -0.05) is 24.6 Å². The van der Waals surface area contributed by atoms with Crippen LogP contribution in [0.3, 0.4) is 0 Å². The summed E-state index contributed by atoms with van der Waals surface area (Å²) in [7, 11) is 0. The molecule has 0 spiro atoms. The number of para-hydroxylation sites is 1. The van der Waals surface area contributed by atoms with Gasteiger partial charge in [-0.15, -0.1) is 0 Å². The molecule has 3 N–H and O–H groups in total. The molecule has 1 aliphatic carbocycles. The number of halogens is 2. The van der Waals surface area contributed by atoms with E-state index in [4.69, 9.17) is 0 Å². The van der Waals surface area contributed by atoms with E-state index in [0.29, 0.717) is 19.3 Å². The van der Waals surface area contributed by atoms with Crippen LogP contribution in [0.15, 0.2) is 30.5 Å². The maximum Gasteiger partial charge on any atom is 0.326 e. The van der Waals surface area contributed by atoms with E-state index in [-0.39, 0.29) is 12.8 Å². The molecule has 2 atom stereocenters. The van der Waals surface area contributed by atoms with E-state index in [1.807, 2.05) is 24.3 Å². The summed E-state index contributed by atoms with van der Waals surface area (Å²) in [5.41, 5.74) is 1.64. The Hall–Kier alpha value is -2.44. The molecule has 3 rings (SSSR count). The molecule has 1 heterocycles. The SMILES string of the molecule is O=C(N[C@@H](Cc1c[nH]c2ccccc12)C(=O)O)C1CCCCC(F)(F)C1. The van der Waals surface area contributed by atoms with Gasteiger partial charge >= 0.3 is 5.97 Å². The summed E-state index contributed by atoms with van der Waals surface area (Å²) >= 11 is 0. The Morgan fingerprint density at radius 1 is 1.31 bits per heavy atom. The number of fused-ring (bicyclic) bond motifs is 1. The average molecular weight is 364 g/mol. The van der Waals surface area contributed by atoms with Gasteiger partial charge in [0.2, 0.25) is 11.8 Å². The fraction of sp³-hybridized carbons (Fsp3) is 0.474. The molecule has 1 unspecified atom stereocenters. The van der Waals surface area contributed by atoms with Crippen LogP contribution < -0.4 is 5.32 Å². The quantitative estimate of drug-likeness (QED) is 0.710. The van der Waals surface area contributed by atoms with E-state index in [0.717, 1.165) is 16.5 Å². The van der Waals surface area contributed by atoms with Crippen molar-refractivity contribution < 1.29 is 23.5 Å². The van der Waals surface area contributed by atoms with Crippen molar-refractivity contribution in [1.29, 1.82) is 0 Å². The van der Waals surface area contributed by atoms with Crippen LogP contribution in [0, 0.1) is 5.92 Å². The lowest BCUT2D eigenvalue weighted by Gasteiger charge is -2.21. The number of aliphatic carboxylic acids is 1. The average Bonchev–Trinajstić information content (AvgIpc) is 2.90.